The van der Waals surface area contributed by atoms with E-state index in [4.69, 9.17) is 4.98 Å². The zero-order chi connectivity index (χ0) is 18.3. The van der Waals surface area contributed by atoms with E-state index in [-0.39, 0.29) is 6.04 Å². The Hall–Kier alpha value is -3.17. The molecule has 0 spiro atoms. The van der Waals surface area contributed by atoms with Gasteiger partial charge in [-0.2, -0.15) is 0 Å². The van der Waals surface area contributed by atoms with Gasteiger partial charge in [-0.05, 0) is 16.7 Å². The van der Waals surface area contributed by atoms with Crippen molar-refractivity contribution in [2.75, 3.05) is 0 Å². The van der Waals surface area contributed by atoms with Crippen LogP contribution >= 0.6 is 0 Å². The number of hydrogen-bond donors (Lipinski definition) is 1. The summed E-state index contributed by atoms with van der Waals surface area (Å²) in [6.45, 7) is 1.60. The predicted molar refractivity (Wildman–Crippen MR) is 109 cm³/mol. The number of rotatable bonds is 7. The number of imidazole rings is 1. The Morgan fingerprint density at radius 2 is 1.33 bits per heavy atom. The number of benzene rings is 3. The van der Waals surface area contributed by atoms with Crippen LogP contribution in [0.25, 0.3) is 0 Å². The van der Waals surface area contributed by atoms with Crippen LogP contribution in [-0.4, -0.2) is 9.55 Å². The summed E-state index contributed by atoms with van der Waals surface area (Å²) in [5.41, 5.74) is 3.75. The minimum atomic E-state index is 0.0325. The summed E-state index contributed by atoms with van der Waals surface area (Å²) >= 11 is 0. The normalized spacial score (nSPS) is 12.0. The van der Waals surface area contributed by atoms with E-state index in [0.717, 1.165) is 18.9 Å². The number of aromatic nitrogens is 2. The average Bonchev–Trinajstić information content (AvgIpc) is 3.18. The summed E-state index contributed by atoms with van der Waals surface area (Å²) in [7, 11) is 0. The van der Waals surface area contributed by atoms with Gasteiger partial charge in [-0.25, -0.2) is 4.98 Å². The Labute approximate surface area is 160 Å². The van der Waals surface area contributed by atoms with E-state index < -0.39 is 0 Å². The van der Waals surface area contributed by atoms with Crippen molar-refractivity contribution >= 4 is 0 Å². The second kappa shape index (κ2) is 8.47. The molecule has 0 saturated carbocycles. The van der Waals surface area contributed by atoms with Gasteiger partial charge >= 0.3 is 0 Å². The van der Waals surface area contributed by atoms with Crippen LogP contribution in [-0.2, 0) is 13.1 Å². The molecule has 0 saturated heterocycles. The average molecular weight is 353 g/mol. The summed E-state index contributed by atoms with van der Waals surface area (Å²) in [5, 5.41) is 3.70. The van der Waals surface area contributed by atoms with Crippen LogP contribution < -0.4 is 5.32 Å². The van der Waals surface area contributed by atoms with Gasteiger partial charge in [-0.3, -0.25) is 5.32 Å². The minimum Gasteiger partial charge on any atom is -0.329 e. The van der Waals surface area contributed by atoms with Crippen molar-refractivity contribution in [3.05, 3.63) is 126 Å². The molecule has 0 amide bonds. The molecular formula is C24H23N3. The highest BCUT2D eigenvalue weighted by molar-refractivity contribution is 5.27. The van der Waals surface area contributed by atoms with Crippen LogP contribution in [0.1, 0.15) is 28.6 Å². The molecule has 0 radical (unpaired) electrons. The van der Waals surface area contributed by atoms with Gasteiger partial charge in [0.15, 0.2) is 0 Å². The lowest BCUT2D eigenvalue weighted by atomic mass is 10.1. The maximum absolute atomic E-state index is 4.70. The lowest BCUT2D eigenvalue weighted by molar-refractivity contribution is 0.548. The van der Waals surface area contributed by atoms with Gasteiger partial charge in [0.2, 0.25) is 0 Å². The van der Waals surface area contributed by atoms with E-state index in [9.17, 15) is 0 Å². The fraction of sp³-hybridized carbons (Fsp3) is 0.125. The van der Waals surface area contributed by atoms with Gasteiger partial charge in [-0.1, -0.05) is 91.0 Å². The Morgan fingerprint density at radius 3 is 2.00 bits per heavy atom. The quantitative estimate of drug-likeness (QED) is 0.517. The molecule has 0 aliphatic heterocycles. The second-order valence-corrected chi connectivity index (χ2v) is 6.61. The Morgan fingerprint density at radius 1 is 0.741 bits per heavy atom. The van der Waals surface area contributed by atoms with Gasteiger partial charge in [0.1, 0.15) is 5.82 Å². The number of nitrogens with zero attached hydrogens (tertiary/aromatic N) is 2. The predicted octanol–water partition coefficient (Wildman–Crippen LogP) is 4.81. The standard InChI is InChI=1S/C24H23N3/c1-4-10-20(11-5-1)18-26-23(22-14-8-3-9-15-22)24-25-16-17-27(24)19-21-12-6-2-7-13-21/h1-17,23,26H,18-19H2. The van der Waals surface area contributed by atoms with E-state index in [1.54, 1.807) is 0 Å². The molecule has 1 unspecified atom stereocenters. The van der Waals surface area contributed by atoms with Crippen LogP contribution in [0.4, 0.5) is 0 Å². The van der Waals surface area contributed by atoms with Crippen molar-refractivity contribution in [2.24, 2.45) is 0 Å². The molecule has 1 atom stereocenters. The van der Waals surface area contributed by atoms with Gasteiger partial charge in [-0.15, -0.1) is 0 Å². The Balaban J connectivity index is 1.62. The third-order valence-corrected chi connectivity index (χ3v) is 4.69. The van der Waals surface area contributed by atoms with E-state index >= 15 is 0 Å². The van der Waals surface area contributed by atoms with Crippen LogP contribution in [0.3, 0.4) is 0 Å². The number of hydrogen-bond acceptors (Lipinski definition) is 2. The minimum absolute atomic E-state index is 0.0325. The lowest BCUT2D eigenvalue weighted by Gasteiger charge is -2.21. The van der Waals surface area contributed by atoms with Gasteiger partial charge in [0, 0.05) is 25.5 Å². The molecule has 3 heteroatoms. The molecule has 0 fully saturated rings. The zero-order valence-electron chi connectivity index (χ0n) is 15.2. The van der Waals surface area contributed by atoms with Crippen molar-refractivity contribution in [3.8, 4) is 0 Å². The summed E-state index contributed by atoms with van der Waals surface area (Å²) in [6, 6.07) is 31.5. The zero-order valence-corrected chi connectivity index (χ0v) is 15.2. The van der Waals surface area contributed by atoms with E-state index in [0.29, 0.717) is 0 Å². The molecule has 3 nitrogen and oxygen atoms in total. The largest absolute Gasteiger partial charge is 0.329 e. The first-order valence-electron chi connectivity index (χ1n) is 9.27. The molecular weight excluding hydrogens is 330 g/mol. The van der Waals surface area contributed by atoms with E-state index in [2.05, 4.69) is 88.9 Å². The first kappa shape index (κ1) is 17.3. The van der Waals surface area contributed by atoms with E-state index in [1.165, 1.54) is 16.7 Å². The first-order valence-corrected chi connectivity index (χ1v) is 9.27. The van der Waals surface area contributed by atoms with Crippen LogP contribution in [0.15, 0.2) is 103 Å². The van der Waals surface area contributed by atoms with Crippen molar-refractivity contribution in [1.29, 1.82) is 0 Å². The fourth-order valence-electron chi connectivity index (χ4n) is 3.31. The van der Waals surface area contributed by atoms with Crippen LogP contribution in [0.2, 0.25) is 0 Å². The lowest BCUT2D eigenvalue weighted by Crippen LogP contribution is -2.25. The summed E-state index contributed by atoms with van der Waals surface area (Å²) in [6.07, 6.45) is 3.95. The third kappa shape index (κ3) is 4.33. The molecule has 1 aromatic heterocycles. The van der Waals surface area contributed by atoms with Crippen molar-refractivity contribution < 1.29 is 0 Å². The molecule has 27 heavy (non-hydrogen) atoms. The van der Waals surface area contributed by atoms with Crippen LogP contribution in [0, 0.1) is 0 Å². The highest BCUT2D eigenvalue weighted by atomic mass is 15.1. The summed E-state index contributed by atoms with van der Waals surface area (Å²) < 4.78 is 2.23. The fourth-order valence-corrected chi connectivity index (χ4v) is 3.31. The molecule has 0 bridgehead atoms. The van der Waals surface area contributed by atoms with Gasteiger partial charge in [0.05, 0.1) is 6.04 Å². The first-order chi connectivity index (χ1) is 13.4. The molecule has 0 aliphatic rings. The summed E-state index contributed by atoms with van der Waals surface area (Å²) in [5.74, 6) is 1.03. The molecule has 1 heterocycles. The van der Waals surface area contributed by atoms with Gasteiger partial charge in [0.25, 0.3) is 0 Å². The molecule has 3 aromatic carbocycles. The highest BCUT2D eigenvalue weighted by Gasteiger charge is 2.19. The van der Waals surface area contributed by atoms with Crippen molar-refractivity contribution in [2.45, 2.75) is 19.1 Å². The molecule has 4 rings (SSSR count). The third-order valence-electron chi connectivity index (χ3n) is 4.69. The van der Waals surface area contributed by atoms with Crippen molar-refractivity contribution in [3.63, 3.8) is 0 Å². The SMILES string of the molecule is c1ccc(CNC(c2ccccc2)c2nccn2Cc2ccccc2)cc1. The smallest absolute Gasteiger partial charge is 0.130 e. The molecule has 0 aliphatic carbocycles. The van der Waals surface area contributed by atoms with Crippen molar-refractivity contribution in [1.82, 2.24) is 14.9 Å². The monoisotopic (exact) mass is 353 g/mol. The maximum Gasteiger partial charge on any atom is 0.130 e. The topological polar surface area (TPSA) is 29.9 Å². The molecule has 1 N–H and O–H groups in total. The maximum atomic E-state index is 4.70. The van der Waals surface area contributed by atoms with Gasteiger partial charge < -0.3 is 4.57 Å². The Bertz CT molecular complexity index is 947. The Kier molecular flexibility index (Phi) is 5.42. The second-order valence-electron chi connectivity index (χ2n) is 6.61. The molecule has 4 aromatic rings. The number of nitrogens with one attached hydrogen (secondary N) is 1. The van der Waals surface area contributed by atoms with E-state index in [1.807, 2.05) is 24.4 Å². The van der Waals surface area contributed by atoms with Crippen LogP contribution in [0.5, 0.6) is 0 Å². The summed E-state index contributed by atoms with van der Waals surface area (Å²) in [4.78, 5) is 4.70. The molecule has 134 valence electrons. The highest BCUT2D eigenvalue weighted by Crippen LogP contribution is 2.22.